The van der Waals surface area contributed by atoms with Gasteiger partial charge in [-0.2, -0.15) is 0 Å². The molecule has 0 fully saturated rings. The van der Waals surface area contributed by atoms with Crippen LogP contribution in [0.4, 0.5) is 0 Å². The number of carboxylic acid groups (broad SMARTS) is 2. The lowest BCUT2D eigenvalue weighted by molar-refractivity contribution is -0.134. The van der Waals surface area contributed by atoms with Crippen molar-refractivity contribution in [2.45, 2.75) is 19.9 Å². The fraction of sp³-hybridized carbons (Fsp3) is 0.200. The van der Waals surface area contributed by atoms with E-state index < -0.39 is 11.9 Å². The van der Waals surface area contributed by atoms with Crippen LogP contribution in [0.1, 0.15) is 16.7 Å². The topological polar surface area (TPSA) is 95.9 Å². The van der Waals surface area contributed by atoms with Crippen LogP contribution in [0.2, 0.25) is 0 Å². The van der Waals surface area contributed by atoms with Gasteiger partial charge in [0.1, 0.15) is 5.75 Å². The van der Waals surface area contributed by atoms with Crippen molar-refractivity contribution in [2.75, 3.05) is 13.7 Å². The highest BCUT2D eigenvalue weighted by Crippen LogP contribution is 2.24. The fourth-order valence-corrected chi connectivity index (χ4v) is 3.08. The van der Waals surface area contributed by atoms with E-state index >= 15 is 0 Å². The average molecular weight is 421 g/mol. The van der Waals surface area contributed by atoms with E-state index in [1.54, 1.807) is 7.11 Å². The van der Waals surface area contributed by atoms with Gasteiger partial charge < -0.3 is 20.3 Å². The lowest BCUT2D eigenvalue weighted by atomic mass is 10.0. The monoisotopic (exact) mass is 421 g/mol. The first-order valence-electron chi connectivity index (χ1n) is 9.85. The zero-order valence-corrected chi connectivity index (χ0v) is 17.7. The third-order valence-corrected chi connectivity index (χ3v) is 4.53. The van der Waals surface area contributed by atoms with Crippen molar-refractivity contribution in [1.82, 2.24) is 5.32 Å². The molecular formula is C25H27NO5. The predicted octanol–water partition coefficient (Wildman–Crippen LogP) is 4.20. The minimum absolute atomic E-state index is 0.558. The Hall–Kier alpha value is -3.64. The molecule has 162 valence electrons. The number of ether oxygens (including phenoxy) is 1. The number of methoxy groups -OCH3 is 1. The molecule has 0 heterocycles. The molecule has 3 N–H and O–H groups in total. The molecule has 0 radical (unpaired) electrons. The van der Waals surface area contributed by atoms with Gasteiger partial charge in [0.15, 0.2) is 0 Å². The quantitative estimate of drug-likeness (QED) is 0.373. The molecule has 0 saturated heterocycles. The van der Waals surface area contributed by atoms with Crippen molar-refractivity contribution in [1.29, 1.82) is 0 Å². The van der Waals surface area contributed by atoms with Gasteiger partial charge in [-0.05, 0) is 53.9 Å². The standard InChI is InChI=1S/C21H23NO.C4H4O4/c1-16-5-3-6-17(13-16)15-22-12-11-19-8-4-7-18-9-10-20(23-2)14-21(18)19;5-3(6)1-2-4(7)8/h3-10,13-14,22H,11-12,15H2,1-2H3;1-2H,(H,5,6)(H,7,8)/b;2-1+. The van der Waals surface area contributed by atoms with Crippen molar-refractivity contribution in [3.05, 3.63) is 89.5 Å². The molecule has 0 spiro atoms. The molecule has 0 aliphatic carbocycles. The molecule has 3 aromatic carbocycles. The largest absolute Gasteiger partial charge is 0.497 e. The molecule has 3 rings (SSSR count). The Morgan fingerprint density at radius 1 is 0.968 bits per heavy atom. The van der Waals surface area contributed by atoms with E-state index in [2.05, 4.69) is 66.8 Å². The first-order chi connectivity index (χ1) is 14.9. The Labute approximate surface area is 181 Å². The molecule has 0 aliphatic heterocycles. The van der Waals surface area contributed by atoms with E-state index in [0.29, 0.717) is 12.2 Å². The third kappa shape index (κ3) is 8.32. The lowest BCUT2D eigenvalue weighted by Crippen LogP contribution is -2.16. The number of nitrogens with one attached hydrogen (secondary N) is 1. The molecule has 0 saturated carbocycles. The van der Waals surface area contributed by atoms with E-state index in [1.165, 1.54) is 27.5 Å². The number of benzene rings is 3. The minimum atomic E-state index is -1.26. The highest BCUT2D eigenvalue weighted by Gasteiger charge is 2.03. The van der Waals surface area contributed by atoms with Crippen LogP contribution in [-0.2, 0) is 22.6 Å². The van der Waals surface area contributed by atoms with Crippen LogP contribution in [0, 0.1) is 6.92 Å². The summed E-state index contributed by atoms with van der Waals surface area (Å²) in [5.41, 5.74) is 4.01. The second-order valence-electron chi connectivity index (χ2n) is 6.93. The van der Waals surface area contributed by atoms with Gasteiger partial charge in [0.05, 0.1) is 7.11 Å². The SMILES string of the molecule is COc1ccc2cccc(CCNCc3cccc(C)c3)c2c1.O=C(O)/C=C/C(=O)O. The maximum Gasteiger partial charge on any atom is 0.328 e. The number of hydrogen-bond acceptors (Lipinski definition) is 4. The Morgan fingerprint density at radius 3 is 2.32 bits per heavy atom. The Kier molecular flexibility index (Phi) is 9.26. The zero-order valence-electron chi connectivity index (χ0n) is 17.7. The van der Waals surface area contributed by atoms with E-state index in [-0.39, 0.29) is 0 Å². The van der Waals surface area contributed by atoms with Gasteiger partial charge in [0, 0.05) is 18.7 Å². The van der Waals surface area contributed by atoms with Crippen molar-refractivity contribution >= 4 is 22.7 Å². The fourth-order valence-electron chi connectivity index (χ4n) is 3.08. The number of aliphatic carboxylic acids is 2. The summed E-state index contributed by atoms with van der Waals surface area (Å²) < 4.78 is 5.36. The summed E-state index contributed by atoms with van der Waals surface area (Å²) in [5.74, 6) is -1.60. The third-order valence-electron chi connectivity index (χ3n) is 4.53. The number of aryl methyl sites for hydroxylation is 1. The number of carboxylic acids is 2. The highest BCUT2D eigenvalue weighted by molar-refractivity contribution is 5.89. The van der Waals surface area contributed by atoms with Crippen LogP contribution in [-0.4, -0.2) is 35.8 Å². The van der Waals surface area contributed by atoms with E-state index in [4.69, 9.17) is 14.9 Å². The number of rotatable bonds is 8. The van der Waals surface area contributed by atoms with Gasteiger partial charge in [-0.25, -0.2) is 9.59 Å². The summed E-state index contributed by atoms with van der Waals surface area (Å²) >= 11 is 0. The molecule has 0 amide bonds. The van der Waals surface area contributed by atoms with Crippen LogP contribution in [0.15, 0.2) is 72.8 Å². The lowest BCUT2D eigenvalue weighted by Gasteiger charge is -2.10. The smallest absolute Gasteiger partial charge is 0.328 e. The molecular weight excluding hydrogens is 394 g/mol. The number of carbonyl (C=O) groups is 2. The van der Waals surface area contributed by atoms with Crippen LogP contribution in [0.25, 0.3) is 10.8 Å². The molecule has 0 atom stereocenters. The van der Waals surface area contributed by atoms with Gasteiger partial charge in [-0.15, -0.1) is 0 Å². The van der Waals surface area contributed by atoms with Crippen molar-refractivity contribution in [3.8, 4) is 5.75 Å². The number of hydrogen-bond donors (Lipinski definition) is 3. The van der Waals surface area contributed by atoms with Gasteiger partial charge in [0.25, 0.3) is 0 Å². The molecule has 6 heteroatoms. The first-order valence-corrected chi connectivity index (χ1v) is 9.85. The van der Waals surface area contributed by atoms with Gasteiger partial charge >= 0.3 is 11.9 Å². The molecule has 3 aromatic rings. The molecule has 0 unspecified atom stereocenters. The highest BCUT2D eigenvalue weighted by atomic mass is 16.5. The van der Waals surface area contributed by atoms with E-state index in [0.717, 1.165) is 25.3 Å². The van der Waals surface area contributed by atoms with Gasteiger partial charge in [0.2, 0.25) is 0 Å². The number of fused-ring (bicyclic) bond motifs is 1. The van der Waals surface area contributed by atoms with Gasteiger partial charge in [-0.3, -0.25) is 0 Å². The van der Waals surface area contributed by atoms with Crippen LogP contribution in [0.5, 0.6) is 5.75 Å². The summed E-state index contributed by atoms with van der Waals surface area (Å²) in [4.78, 5) is 19.1. The molecule has 6 nitrogen and oxygen atoms in total. The first kappa shape index (κ1) is 23.6. The van der Waals surface area contributed by atoms with Gasteiger partial charge in [-0.1, -0.05) is 54.1 Å². The van der Waals surface area contributed by atoms with E-state index in [9.17, 15) is 9.59 Å². The summed E-state index contributed by atoms with van der Waals surface area (Å²) in [5, 5.41) is 21.7. The summed E-state index contributed by atoms with van der Waals surface area (Å²) in [6, 6.07) is 21.4. The second-order valence-corrected chi connectivity index (χ2v) is 6.93. The predicted molar refractivity (Wildman–Crippen MR) is 122 cm³/mol. The second kappa shape index (κ2) is 12.1. The zero-order chi connectivity index (χ0) is 22.6. The van der Waals surface area contributed by atoms with E-state index in [1.807, 2.05) is 6.07 Å². The molecule has 0 bridgehead atoms. The Balaban J connectivity index is 0.000000366. The van der Waals surface area contributed by atoms with Crippen LogP contribution >= 0.6 is 0 Å². The summed E-state index contributed by atoms with van der Waals surface area (Å²) in [7, 11) is 1.72. The Morgan fingerprint density at radius 2 is 1.68 bits per heavy atom. The maximum absolute atomic E-state index is 9.55. The average Bonchev–Trinajstić information content (AvgIpc) is 2.75. The van der Waals surface area contributed by atoms with Crippen LogP contribution in [0.3, 0.4) is 0 Å². The molecule has 0 aliphatic rings. The van der Waals surface area contributed by atoms with Crippen molar-refractivity contribution < 1.29 is 24.5 Å². The van der Waals surface area contributed by atoms with Crippen molar-refractivity contribution in [3.63, 3.8) is 0 Å². The van der Waals surface area contributed by atoms with Crippen LogP contribution < -0.4 is 10.1 Å². The summed E-state index contributed by atoms with van der Waals surface area (Å²) in [6.07, 6.45) is 2.13. The Bertz CT molecular complexity index is 1040. The molecule has 31 heavy (non-hydrogen) atoms. The minimum Gasteiger partial charge on any atom is -0.497 e. The van der Waals surface area contributed by atoms with Crippen molar-refractivity contribution in [2.24, 2.45) is 0 Å². The molecule has 0 aromatic heterocycles. The summed E-state index contributed by atoms with van der Waals surface area (Å²) in [6.45, 7) is 4.01. The normalized spacial score (nSPS) is 10.5. The maximum atomic E-state index is 9.55.